The summed E-state index contributed by atoms with van der Waals surface area (Å²) in [6.45, 7) is 0.218. The molecule has 6 aromatic rings. The Hall–Kier alpha value is -4.59. The van der Waals surface area contributed by atoms with Crippen LogP contribution in [0.15, 0.2) is 105 Å². The molecular formula is C32H24Cl2N4O3. The number of ether oxygens (including phenoxy) is 1. The number of anilines is 1. The van der Waals surface area contributed by atoms with Crippen molar-refractivity contribution in [3.8, 4) is 17.3 Å². The van der Waals surface area contributed by atoms with Crippen molar-refractivity contribution in [1.82, 2.24) is 9.66 Å². The van der Waals surface area contributed by atoms with Crippen LogP contribution in [0.3, 0.4) is 0 Å². The van der Waals surface area contributed by atoms with Crippen molar-refractivity contribution >= 4 is 57.0 Å². The van der Waals surface area contributed by atoms with Gasteiger partial charge in [0.15, 0.2) is 5.76 Å². The lowest BCUT2D eigenvalue weighted by Gasteiger charge is -2.16. The molecule has 0 N–H and O–H groups in total. The Kier molecular flexibility index (Phi) is 7.22. The first-order valence-corrected chi connectivity index (χ1v) is 13.6. The molecule has 41 heavy (non-hydrogen) atoms. The van der Waals surface area contributed by atoms with Crippen LogP contribution < -0.4 is 15.2 Å². The van der Waals surface area contributed by atoms with Gasteiger partial charge in [0.25, 0.3) is 5.56 Å². The van der Waals surface area contributed by atoms with E-state index in [0.29, 0.717) is 49.4 Å². The zero-order valence-electron chi connectivity index (χ0n) is 22.2. The number of halogens is 2. The van der Waals surface area contributed by atoms with Crippen molar-refractivity contribution in [2.24, 2.45) is 5.10 Å². The third-order valence-electron chi connectivity index (χ3n) is 6.62. The van der Waals surface area contributed by atoms with Crippen LogP contribution in [0.5, 0.6) is 5.75 Å². The van der Waals surface area contributed by atoms with Crippen LogP contribution in [0.1, 0.15) is 11.1 Å². The van der Waals surface area contributed by atoms with E-state index in [1.807, 2.05) is 79.7 Å². The van der Waals surface area contributed by atoms with E-state index >= 15 is 0 Å². The molecule has 0 aliphatic rings. The smallest absolute Gasteiger partial charge is 0.282 e. The van der Waals surface area contributed by atoms with E-state index in [1.165, 1.54) is 4.68 Å². The highest BCUT2D eigenvalue weighted by atomic mass is 35.5. The van der Waals surface area contributed by atoms with Gasteiger partial charge in [0.1, 0.15) is 17.9 Å². The molecule has 6 rings (SSSR count). The van der Waals surface area contributed by atoms with Gasteiger partial charge in [-0.3, -0.25) is 4.79 Å². The average molecular weight is 583 g/mol. The summed E-state index contributed by atoms with van der Waals surface area (Å²) in [5.74, 6) is 1.29. The lowest BCUT2D eigenvalue weighted by Crippen LogP contribution is -2.20. The molecule has 0 aliphatic heterocycles. The Bertz CT molecular complexity index is 1960. The molecule has 0 radical (unpaired) electrons. The standard InChI is InChI=1S/C32H24Cl2N4O3/c1-37(2)24-14-12-21(29(17-24)40-19-22-11-13-23(33)16-26(22)34)18-35-38-31(30-15-20-7-3-6-10-28(20)41-30)36-27-9-5-4-8-25(27)32(38)39/h3-18H,19H2,1-2H3. The van der Waals surface area contributed by atoms with Gasteiger partial charge < -0.3 is 14.1 Å². The van der Waals surface area contributed by atoms with Crippen molar-refractivity contribution in [1.29, 1.82) is 0 Å². The van der Waals surface area contributed by atoms with E-state index in [0.717, 1.165) is 16.6 Å². The van der Waals surface area contributed by atoms with Gasteiger partial charge in [0.2, 0.25) is 5.82 Å². The second-order valence-electron chi connectivity index (χ2n) is 9.60. The van der Waals surface area contributed by atoms with Gasteiger partial charge in [0.05, 0.1) is 17.1 Å². The maximum atomic E-state index is 13.7. The molecule has 0 unspecified atom stereocenters. The third kappa shape index (κ3) is 5.42. The Morgan fingerprint density at radius 1 is 0.976 bits per heavy atom. The quantitative estimate of drug-likeness (QED) is 0.181. The molecule has 204 valence electrons. The Morgan fingerprint density at radius 3 is 2.59 bits per heavy atom. The summed E-state index contributed by atoms with van der Waals surface area (Å²) in [5.41, 5.74) is 3.32. The number of nitrogens with zero attached hydrogens (tertiary/aromatic N) is 4. The van der Waals surface area contributed by atoms with Gasteiger partial charge in [-0.15, -0.1) is 0 Å². The number of para-hydroxylation sites is 2. The van der Waals surface area contributed by atoms with Crippen molar-refractivity contribution in [3.05, 3.63) is 123 Å². The van der Waals surface area contributed by atoms with Gasteiger partial charge >= 0.3 is 0 Å². The minimum absolute atomic E-state index is 0.218. The fourth-order valence-electron chi connectivity index (χ4n) is 4.43. The van der Waals surface area contributed by atoms with Crippen LogP contribution in [-0.4, -0.2) is 30.0 Å². The summed E-state index contributed by atoms with van der Waals surface area (Å²) in [6, 6.07) is 27.7. The van der Waals surface area contributed by atoms with Gasteiger partial charge in [-0.25, -0.2) is 4.98 Å². The van der Waals surface area contributed by atoms with E-state index in [9.17, 15) is 4.79 Å². The van der Waals surface area contributed by atoms with Gasteiger partial charge in [-0.1, -0.05) is 59.6 Å². The number of fused-ring (bicyclic) bond motifs is 2. The molecule has 0 atom stereocenters. The zero-order chi connectivity index (χ0) is 28.5. The number of benzene rings is 4. The normalized spacial score (nSPS) is 11.5. The Labute approximate surface area is 245 Å². The molecule has 0 spiro atoms. The highest BCUT2D eigenvalue weighted by Crippen LogP contribution is 2.29. The molecule has 0 amide bonds. The van der Waals surface area contributed by atoms with E-state index in [2.05, 4.69) is 5.10 Å². The summed E-state index contributed by atoms with van der Waals surface area (Å²) in [7, 11) is 3.89. The number of hydrogen-bond donors (Lipinski definition) is 0. The van der Waals surface area contributed by atoms with E-state index in [1.54, 1.807) is 36.5 Å². The molecular weight excluding hydrogens is 559 g/mol. The lowest BCUT2D eigenvalue weighted by molar-refractivity contribution is 0.306. The summed E-state index contributed by atoms with van der Waals surface area (Å²) >= 11 is 12.4. The Balaban J connectivity index is 1.44. The molecule has 2 aromatic heterocycles. The second kappa shape index (κ2) is 11.1. The molecule has 7 nitrogen and oxygen atoms in total. The molecule has 0 bridgehead atoms. The minimum Gasteiger partial charge on any atom is -0.488 e. The third-order valence-corrected chi connectivity index (χ3v) is 7.21. The summed E-state index contributed by atoms with van der Waals surface area (Å²) in [4.78, 5) is 20.4. The monoisotopic (exact) mass is 582 g/mol. The molecule has 9 heteroatoms. The maximum absolute atomic E-state index is 13.7. The van der Waals surface area contributed by atoms with Crippen LogP contribution in [-0.2, 0) is 6.61 Å². The van der Waals surface area contributed by atoms with E-state index < -0.39 is 0 Å². The van der Waals surface area contributed by atoms with Crippen LogP contribution in [0, 0.1) is 0 Å². The predicted octanol–water partition coefficient (Wildman–Crippen LogP) is 7.64. The van der Waals surface area contributed by atoms with Gasteiger partial charge in [-0.2, -0.15) is 9.78 Å². The number of hydrogen-bond acceptors (Lipinski definition) is 6. The summed E-state index contributed by atoms with van der Waals surface area (Å²) < 4.78 is 13.6. The van der Waals surface area contributed by atoms with Crippen molar-refractivity contribution in [2.75, 3.05) is 19.0 Å². The van der Waals surface area contributed by atoms with Crippen LogP contribution in [0.25, 0.3) is 33.5 Å². The SMILES string of the molecule is CN(C)c1ccc(C=Nn2c(-c3cc4ccccc4o3)nc3ccccc3c2=O)c(OCc2ccc(Cl)cc2Cl)c1. The number of rotatable bonds is 7. The van der Waals surface area contributed by atoms with Crippen LogP contribution in [0.2, 0.25) is 10.0 Å². The highest BCUT2D eigenvalue weighted by molar-refractivity contribution is 6.35. The molecule has 2 heterocycles. The lowest BCUT2D eigenvalue weighted by atomic mass is 10.2. The predicted molar refractivity (Wildman–Crippen MR) is 166 cm³/mol. The van der Waals surface area contributed by atoms with Crippen LogP contribution in [0.4, 0.5) is 5.69 Å². The molecule has 0 saturated heterocycles. The first-order chi connectivity index (χ1) is 19.9. The first-order valence-electron chi connectivity index (χ1n) is 12.8. The fraction of sp³-hybridized carbons (Fsp3) is 0.0938. The second-order valence-corrected chi connectivity index (χ2v) is 10.4. The van der Waals surface area contributed by atoms with E-state index in [-0.39, 0.29) is 12.2 Å². The van der Waals surface area contributed by atoms with Crippen molar-refractivity contribution in [3.63, 3.8) is 0 Å². The molecule has 4 aromatic carbocycles. The largest absolute Gasteiger partial charge is 0.488 e. The highest BCUT2D eigenvalue weighted by Gasteiger charge is 2.17. The van der Waals surface area contributed by atoms with Crippen molar-refractivity contribution < 1.29 is 9.15 Å². The van der Waals surface area contributed by atoms with Crippen molar-refractivity contribution in [2.45, 2.75) is 6.61 Å². The van der Waals surface area contributed by atoms with E-state index in [4.69, 9.17) is 37.3 Å². The topological polar surface area (TPSA) is 72.9 Å². The number of furan rings is 1. The minimum atomic E-state index is -0.317. The van der Waals surface area contributed by atoms with Crippen LogP contribution >= 0.6 is 23.2 Å². The zero-order valence-corrected chi connectivity index (χ0v) is 23.7. The summed E-state index contributed by atoms with van der Waals surface area (Å²) in [6.07, 6.45) is 1.59. The maximum Gasteiger partial charge on any atom is 0.282 e. The molecule has 0 aliphatic carbocycles. The Morgan fingerprint density at radius 2 is 1.78 bits per heavy atom. The first kappa shape index (κ1) is 26.6. The molecule has 0 fully saturated rings. The summed E-state index contributed by atoms with van der Waals surface area (Å²) in [5, 5.41) is 7.02. The molecule has 0 saturated carbocycles. The van der Waals surface area contributed by atoms with Gasteiger partial charge in [0, 0.05) is 52.4 Å². The number of aromatic nitrogens is 2. The van der Waals surface area contributed by atoms with Gasteiger partial charge in [-0.05, 0) is 48.5 Å². The fourth-order valence-corrected chi connectivity index (χ4v) is 4.89. The average Bonchev–Trinajstić information content (AvgIpc) is 3.41.